The van der Waals surface area contributed by atoms with E-state index >= 15 is 0 Å². The van der Waals surface area contributed by atoms with Gasteiger partial charge in [-0.05, 0) is 24.6 Å². The summed E-state index contributed by atoms with van der Waals surface area (Å²) in [6.07, 6.45) is 0.00102. The van der Waals surface area contributed by atoms with Crippen molar-refractivity contribution in [3.05, 3.63) is 65.2 Å². The molecule has 0 aliphatic carbocycles. The maximum Gasteiger partial charge on any atom is 0.138 e. The molecule has 2 aromatic rings. The van der Waals surface area contributed by atoms with E-state index in [1.807, 2.05) is 61.5 Å². The summed E-state index contributed by atoms with van der Waals surface area (Å²) in [7, 11) is 0. The lowest BCUT2D eigenvalue weighted by atomic mass is 10.1. The Labute approximate surface area is 101 Å². The summed E-state index contributed by atoms with van der Waals surface area (Å²) >= 11 is 6.03. The second kappa shape index (κ2) is 5.04. The fourth-order valence-corrected chi connectivity index (χ4v) is 1.70. The fraction of sp³-hybridized carbons (Fsp3) is 0.143. The molecule has 1 unspecified atom stereocenters. The fourth-order valence-electron chi connectivity index (χ4n) is 1.52. The molecule has 0 aliphatic rings. The summed E-state index contributed by atoms with van der Waals surface area (Å²) in [4.78, 5) is 0. The maximum absolute atomic E-state index is 6.03. The minimum absolute atomic E-state index is 0.00102. The Bertz CT molecular complexity index is 453. The van der Waals surface area contributed by atoms with Crippen LogP contribution in [0.5, 0.6) is 5.75 Å². The number of rotatable bonds is 3. The highest BCUT2D eigenvalue weighted by atomic mass is 35.5. The van der Waals surface area contributed by atoms with Crippen LogP contribution in [0.3, 0.4) is 0 Å². The highest BCUT2D eigenvalue weighted by molar-refractivity contribution is 6.32. The Morgan fingerprint density at radius 2 is 1.56 bits per heavy atom. The average Bonchev–Trinajstić information content (AvgIpc) is 2.33. The number of benzene rings is 2. The molecule has 2 aromatic carbocycles. The molecule has 1 atom stereocenters. The standard InChI is InChI=1S/C14H13ClO/c1-11(12-7-3-2-4-8-12)16-14-10-6-5-9-13(14)15/h2-11H,1H3. The molecule has 16 heavy (non-hydrogen) atoms. The third-order valence-electron chi connectivity index (χ3n) is 2.41. The van der Waals surface area contributed by atoms with E-state index in [1.54, 1.807) is 0 Å². The van der Waals surface area contributed by atoms with Gasteiger partial charge < -0.3 is 4.74 Å². The Morgan fingerprint density at radius 1 is 0.938 bits per heavy atom. The average molecular weight is 233 g/mol. The third-order valence-corrected chi connectivity index (χ3v) is 2.72. The molecule has 0 bridgehead atoms. The van der Waals surface area contributed by atoms with Gasteiger partial charge in [0.15, 0.2) is 0 Å². The van der Waals surface area contributed by atoms with Crippen molar-refractivity contribution in [3.8, 4) is 5.75 Å². The molecule has 0 heterocycles. The van der Waals surface area contributed by atoms with Gasteiger partial charge in [-0.15, -0.1) is 0 Å². The number of ether oxygens (including phenoxy) is 1. The van der Waals surface area contributed by atoms with Crippen LogP contribution in [0.1, 0.15) is 18.6 Å². The Morgan fingerprint density at radius 3 is 2.25 bits per heavy atom. The van der Waals surface area contributed by atoms with Crippen molar-refractivity contribution in [1.29, 1.82) is 0 Å². The number of halogens is 1. The van der Waals surface area contributed by atoms with Crippen LogP contribution in [0, 0.1) is 0 Å². The molecule has 2 rings (SSSR count). The predicted octanol–water partition coefficient (Wildman–Crippen LogP) is 4.48. The Balaban J connectivity index is 2.14. The first-order valence-electron chi connectivity index (χ1n) is 5.23. The van der Waals surface area contributed by atoms with Gasteiger partial charge in [0.2, 0.25) is 0 Å². The zero-order valence-electron chi connectivity index (χ0n) is 9.06. The quantitative estimate of drug-likeness (QED) is 0.758. The molecule has 0 saturated heterocycles. The summed E-state index contributed by atoms with van der Waals surface area (Å²) in [5.41, 5.74) is 1.14. The van der Waals surface area contributed by atoms with E-state index in [4.69, 9.17) is 16.3 Å². The summed E-state index contributed by atoms with van der Waals surface area (Å²) in [5, 5.41) is 0.644. The van der Waals surface area contributed by atoms with Crippen molar-refractivity contribution in [1.82, 2.24) is 0 Å². The van der Waals surface area contributed by atoms with Crippen LogP contribution in [0.25, 0.3) is 0 Å². The lowest BCUT2D eigenvalue weighted by Gasteiger charge is -2.15. The van der Waals surface area contributed by atoms with Gasteiger partial charge in [-0.2, -0.15) is 0 Å². The molecule has 0 amide bonds. The van der Waals surface area contributed by atoms with Crippen molar-refractivity contribution in [2.45, 2.75) is 13.0 Å². The van der Waals surface area contributed by atoms with Crippen molar-refractivity contribution in [2.75, 3.05) is 0 Å². The topological polar surface area (TPSA) is 9.23 Å². The molecule has 0 spiro atoms. The van der Waals surface area contributed by atoms with Gasteiger partial charge in [0.1, 0.15) is 11.9 Å². The first kappa shape index (κ1) is 11.0. The first-order chi connectivity index (χ1) is 7.77. The zero-order valence-corrected chi connectivity index (χ0v) is 9.82. The van der Waals surface area contributed by atoms with Crippen LogP contribution >= 0.6 is 11.6 Å². The Hall–Kier alpha value is -1.47. The summed E-state index contributed by atoms with van der Waals surface area (Å²) in [6, 6.07) is 17.6. The molecule has 0 aromatic heterocycles. The van der Waals surface area contributed by atoms with Gasteiger partial charge in [0.05, 0.1) is 5.02 Å². The van der Waals surface area contributed by atoms with Crippen LogP contribution in [0.15, 0.2) is 54.6 Å². The van der Waals surface area contributed by atoms with Crippen molar-refractivity contribution < 1.29 is 4.74 Å². The molecule has 1 nitrogen and oxygen atoms in total. The maximum atomic E-state index is 6.03. The van der Waals surface area contributed by atoms with Gasteiger partial charge in [-0.25, -0.2) is 0 Å². The second-order valence-electron chi connectivity index (χ2n) is 3.60. The van der Waals surface area contributed by atoms with E-state index in [-0.39, 0.29) is 6.10 Å². The molecule has 82 valence electrons. The zero-order chi connectivity index (χ0) is 11.4. The van der Waals surface area contributed by atoms with Crippen LogP contribution in [0.2, 0.25) is 5.02 Å². The summed E-state index contributed by atoms with van der Waals surface area (Å²) in [5.74, 6) is 0.723. The normalized spacial score (nSPS) is 12.1. The van der Waals surface area contributed by atoms with Gasteiger partial charge in [0, 0.05) is 0 Å². The van der Waals surface area contributed by atoms with Crippen LogP contribution in [0.4, 0.5) is 0 Å². The van der Waals surface area contributed by atoms with Crippen molar-refractivity contribution >= 4 is 11.6 Å². The minimum atomic E-state index is 0.00102. The lowest BCUT2D eigenvalue weighted by Crippen LogP contribution is -2.02. The highest BCUT2D eigenvalue weighted by Gasteiger charge is 2.08. The number of para-hydroxylation sites is 1. The highest BCUT2D eigenvalue weighted by Crippen LogP contribution is 2.28. The van der Waals surface area contributed by atoms with E-state index in [0.717, 1.165) is 11.3 Å². The molecule has 0 fully saturated rings. The molecule has 2 heteroatoms. The molecule has 0 aliphatic heterocycles. The van der Waals surface area contributed by atoms with E-state index in [2.05, 4.69) is 0 Å². The predicted molar refractivity (Wildman–Crippen MR) is 66.9 cm³/mol. The summed E-state index contributed by atoms with van der Waals surface area (Å²) in [6.45, 7) is 2.01. The summed E-state index contributed by atoms with van der Waals surface area (Å²) < 4.78 is 5.80. The number of hydrogen-bond donors (Lipinski definition) is 0. The molecular formula is C14H13ClO. The van der Waals surface area contributed by atoms with Gasteiger partial charge in [-0.1, -0.05) is 54.1 Å². The monoisotopic (exact) mass is 232 g/mol. The lowest BCUT2D eigenvalue weighted by molar-refractivity contribution is 0.227. The molecule has 0 N–H and O–H groups in total. The van der Waals surface area contributed by atoms with Gasteiger partial charge in [-0.3, -0.25) is 0 Å². The van der Waals surface area contributed by atoms with Crippen LogP contribution in [-0.4, -0.2) is 0 Å². The van der Waals surface area contributed by atoms with Crippen molar-refractivity contribution in [3.63, 3.8) is 0 Å². The number of hydrogen-bond acceptors (Lipinski definition) is 1. The van der Waals surface area contributed by atoms with E-state index < -0.39 is 0 Å². The van der Waals surface area contributed by atoms with E-state index in [1.165, 1.54) is 0 Å². The first-order valence-corrected chi connectivity index (χ1v) is 5.61. The molecular weight excluding hydrogens is 220 g/mol. The van der Waals surface area contributed by atoms with Crippen molar-refractivity contribution in [2.24, 2.45) is 0 Å². The van der Waals surface area contributed by atoms with Crippen LogP contribution < -0.4 is 4.74 Å². The Kier molecular flexibility index (Phi) is 3.47. The third kappa shape index (κ3) is 2.56. The molecule has 0 saturated carbocycles. The second-order valence-corrected chi connectivity index (χ2v) is 4.01. The van der Waals surface area contributed by atoms with Gasteiger partial charge in [0.25, 0.3) is 0 Å². The van der Waals surface area contributed by atoms with Gasteiger partial charge >= 0.3 is 0 Å². The molecule has 0 radical (unpaired) electrons. The van der Waals surface area contributed by atoms with E-state index in [0.29, 0.717) is 5.02 Å². The van der Waals surface area contributed by atoms with Crippen LogP contribution in [-0.2, 0) is 0 Å². The SMILES string of the molecule is CC(Oc1ccccc1Cl)c1ccccc1. The smallest absolute Gasteiger partial charge is 0.138 e. The van der Waals surface area contributed by atoms with E-state index in [9.17, 15) is 0 Å². The largest absolute Gasteiger partial charge is 0.484 e. The minimum Gasteiger partial charge on any atom is -0.484 e.